The lowest BCUT2D eigenvalue weighted by Gasteiger charge is -1.94. The molecule has 0 bridgehead atoms. The molecule has 0 N–H and O–H groups in total. The molecule has 0 amide bonds. The first-order valence-electron chi connectivity index (χ1n) is 5.44. The molecule has 94 valence electrons. The number of rotatable bonds is 2. The van der Waals surface area contributed by atoms with E-state index in [2.05, 4.69) is 4.98 Å². The number of nitrogens with zero attached hydrogens (tertiary/aromatic N) is 2. The molecule has 0 spiro atoms. The molecule has 6 heteroatoms. The summed E-state index contributed by atoms with van der Waals surface area (Å²) >= 11 is 1.42. The Kier molecular flexibility index (Phi) is 2.72. The van der Waals surface area contributed by atoms with Crippen molar-refractivity contribution in [2.24, 2.45) is 0 Å². The molecule has 19 heavy (non-hydrogen) atoms. The van der Waals surface area contributed by atoms with E-state index in [0.29, 0.717) is 5.52 Å². The molecular formula is C13H7FN2O2S. The molecule has 0 saturated carbocycles. The number of benzene rings is 2. The van der Waals surface area contributed by atoms with E-state index in [-0.39, 0.29) is 11.5 Å². The van der Waals surface area contributed by atoms with Crippen LogP contribution in [0.5, 0.6) is 0 Å². The van der Waals surface area contributed by atoms with Gasteiger partial charge in [0.25, 0.3) is 5.69 Å². The number of halogens is 1. The van der Waals surface area contributed by atoms with Crippen molar-refractivity contribution >= 4 is 27.2 Å². The van der Waals surface area contributed by atoms with E-state index in [1.165, 1.54) is 35.6 Å². The van der Waals surface area contributed by atoms with Crippen LogP contribution < -0.4 is 0 Å². The Hall–Kier alpha value is -2.34. The Morgan fingerprint density at radius 2 is 1.89 bits per heavy atom. The number of hydrogen-bond acceptors (Lipinski definition) is 4. The quantitative estimate of drug-likeness (QED) is 0.524. The summed E-state index contributed by atoms with van der Waals surface area (Å²) in [5, 5.41) is 11.4. The van der Waals surface area contributed by atoms with Gasteiger partial charge in [-0.2, -0.15) is 0 Å². The smallest absolute Gasteiger partial charge is 0.258 e. The van der Waals surface area contributed by atoms with Gasteiger partial charge < -0.3 is 0 Å². The van der Waals surface area contributed by atoms with Crippen LogP contribution in [-0.4, -0.2) is 9.91 Å². The fourth-order valence-electron chi connectivity index (χ4n) is 1.75. The maximum absolute atomic E-state index is 12.9. The van der Waals surface area contributed by atoms with Gasteiger partial charge in [0.15, 0.2) is 0 Å². The van der Waals surface area contributed by atoms with Crippen LogP contribution >= 0.6 is 11.3 Å². The summed E-state index contributed by atoms with van der Waals surface area (Å²) in [5.41, 5.74) is 1.40. The maximum atomic E-state index is 12.9. The Labute approximate surface area is 111 Å². The topological polar surface area (TPSA) is 56.0 Å². The van der Waals surface area contributed by atoms with Gasteiger partial charge in [0.2, 0.25) is 0 Å². The minimum Gasteiger partial charge on any atom is -0.258 e. The van der Waals surface area contributed by atoms with Gasteiger partial charge in [-0.05, 0) is 30.3 Å². The van der Waals surface area contributed by atoms with Crippen LogP contribution in [0.15, 0.2) is 42.5 Å². The van der Waals surface area contributed by atoms with Crippen molar-refractivity contribution in [2.75, 3.05) is 0 Å². The van der Waals surface area contributed by atoms with E-state index in [4.69, 9.17) is 0 Å². The van der Waals surface area contributed by atoms with Gasteiger partial charge in [0.1, 0.15) is 10.8 Å². The molecule has 0 radical (unpaired) electrons. The Morgan fingerprint density at radius 3 is 2.58 bits per heavy atom. The predicted octanol–water partition coefficient (Wildman–Crippen LogP) is 4.01. The van der Waals surface area contributed by atoms with Gasteiger partial charge in [0.05, 0.1) is 15.1 Å². The zero-order valence-corrected chi connectivity index (χ0v) is 10.4. The summed E-state index contributed by atoms with van der Waals surface area (Å²) in [4.78, 5) is 14.6. The highest BCUT2D eigenvalue weighted by atomic mass is 32.1. The molecule has 0 unspecified atom stereocenters. The lowest BCUT2D eigenvalue weighted by molar-refractivity contribution is -0.384. The molecule has 0 aliphatic carbocycles. The van der Waals surface area contributed by atoms with Crippen LogP contribution in [0.1, 0.15) is 0 Å². The van der Waals surface area contributed by atoms with E-state index < -0.39 is 4.92 Å². The number of nitro benzene ring substituents is 1. The van der Waals surface area contributed by atoms with Gasteiger partial charge in [-0.3, -0.25) is 10.1 Å². The molecule has 0 fully saturated rings. The number of hydrogen-bond donors (Lipinski definition) is 0. The number of fused-ring (bicyclic) bond motifs is 1. The SMILES string of the molecule is O=[N+]([O-])c1ccc2sc(-c3ccc(F)cc3)nc2c1. The average Bonchev–Trinajstić information content (AvgIpc) is 2.82. The largest absolute Gasteiger partial charge is 0.271 e. The molecule has 0 aliphatic heterocycles. The summed E-state index contributed by atoms with van der Waals surface area (Å²) in [6.07, 6.45) is 0. The van der Waals surface area contributed by atoms with Gasteiger partial charge in [-0.25, -0.2) is 9.37 Å². The van der Waals surface area contributed by atoms with E-state index in [0.717, 1.165) is 15.3 Å². The van der Waals surface area contributed by atoms with Gasteiger partial charge in [-0.15, -0.1) is 11.3 Å². The Balaban J connectivity index is 2.11. The molecule has 0 atom stereocenters. The maximum Gasteiger partial charge on any atom is 0.271 e. The van der Waals surface area contributed by atoms with Crippen molar-refractivity contribution in [2.45, 2.75) is 0 Å². The van der Waals surface area contributed by atoms with Crippen molar-refractivity contribution in [3.8, 4) is 10.6 Å². The minimum absolute atomic E-state index is 0.0171. The minimum atomic E-state index is -0.448. The summed E-state index contributed by atoms with van der Waals surface area (Å²) < 4.78 is 13.7. The van der Waals surface area contributed by atoms with Crippen LogP contribution in [0.2, 0.25) is 0 Å². The van der Waals surface area contributed by atoms with E-state index in [9.17, 15) is 14.5 Å². The van der Waals surface area contributed by atoms with Gasteiger partial charge >= 0.3 is 0 Å². The van der Waals surface area contributed by atoms with Crippen LogP contribution in [0.4, 0.5) is 10.1 Å². The highest BCUT2D eigenvalue weighted by Crippen LogP contribution is 2.31. The summed E-state index contributed by atoms with van der Waals surface area (Å²) in [5.74, 6) is -0.305. The lowest BCUT2D eigenvalue weighted by Crippen LogP contribution is -1.86. The zero-order valence-electron chi connectivity index (χ0n) is 9.54. The molecule has 3 rings (SSSR count). The molecule has 1 heterocycles. The molecule has 3 aromatic rings. The standard InChI is InChI=1S/C13H7FN2O2S/c14-9-3-1-8(2-4-9)13-15-11-7-10(16(17)18)5-6-12(11)19-13/h1-7H. The normalized spacial score (nSPS) is 10.8. The van der Waals surface area contributed by atoms with Crippen molar-refractivity contribution in [3.63, 3.8) is 0 Å². The number of nitro groups is 1. The first-order chi connectivity index (χ1) is 9.13. The molecule has 2 aromatic carbocycles. The number of thiazole rings is 1. The molecule has 0 aliphatic rings. The molecular weight excluding hydrogens is 267 g/mol. The Bertz CT molecular complexity index is 768. The van der Waals surface area contributed by atoms with Crippen LogP contribution in [0.25, 0.3) is 20.8 Å². The van der Waals surface area contributed by atoms with E-state index in [1.807, 2.05) is 0 Å². The summed E-state index contributed by atoms with van der Waals surface area (Å²) in [6, 6.07) is 10.6. The lowest BCUT2D eigenvalue weighted by atomic mass is 10.2. The number of non-ortho nitro benzene ring substituents is 1. The van der Waals surface area contributed by atoms with Crippen LogP contribution in [0.3, 0.4) is 0 Å². The van der Waals surface area contributed by atoms with Crippen molar-refractivity contribution in [3.05, 3.63) is 58.4 Å². The second-order valence-electron chi connectivity index (χ2n) is 3.94. The molecule has 0 saturated heterocycles. The van der Waals surface area contributed by atoms with Gasteiger partial charge in [0, 0.05) is 17.7 Å². The fourth-order valence-corrected chi connectivity index (χ4v) is 2.70. The zero-order chi connectivity index (χ0) is 13.4. The monoisotopic (exact) mass is 274 g/mol. The predicted molar refractivity (Wildman–Crippen MR) is 71.7 cm³/mol. The highest BCUT2D eigenvalue weighted by Gasteiger charge is 2.11. The number of aromatic nitrogens is 1. The van der Waals surface area contributed by atoms with Crippen molar-refractivity contribution < 1.29 is 9.31 Å². The third-order valence-corrected chi connectivity index (χ3v) is 3.76. The van der Waals surface area contributed by atoms with Crippen molar-refractivity contribution in [1.82, 2.24) is 4.98 Å². The second-order valence-corrected chi connectivity index (χ2v) is 4.97. The molecule has 1 aromatic heterocycles. The second kappa shape index (κ2) is 4.40. The fraction of sp³-hybridized carbons (Fsp3) is 0. The first-order valence-corrected chi connectivity index (χ1v) is 6.26. The summed E-state index contributed by atoms with van der Waals surface area (Å²) in [7, 11) is 0. The summed E-state index contributed by atoms with van der Waals surface area (Å²) in [6.45, 7) is 0. The van der Waals surface area contributed by atoms with Gasteiger partial charge in [-0.1, -0.05) is 0 Å². The molecule has 4 nitrogen and oxygen atoms in total. The van der Waals surface area contributed by atoms with E-state index >= 15 is 0 Å². The van der Waals surface area contributed by atoms with Crippen LogP contribution in [-0.2, 0) is 0 Å². The first kappa shape index (κ1) is 11.7. The van der Waals surface area contributed by atoms with Crippen LogP contribution in [0, 0.1) is 15.9 Å². The third-order valence-electron chi connectivity index (χ3n) is 2.67. The highest BCUT2D eigenvalue weighted by molar-refractivity contribution is 7.21. The third kappa shape index (κ3) is 2.17. The average molecular weight is 274 g/mol. The Morgan fingerprint density at radius 1 is 1.16 bits per heavy atom. The van der Waals surface area contributed by atoms with E-state index in [1.54, 1.807) is 18.2 Å². The van der Waals surface area contributed by atoms with Crippen molar-refractivity contribution in [1.29, 1.82) is 0 Å².